The number of hydrogen-bond acceptors (Lipinski definition) is 1. The second-order valence-corrected chi connectivity index (χ2v) is 1.84. The first-order chi connectivity index (χ1) is 5.43. The van der Waals surface area contributed by atoms with Gasteiger partial charge in [-0.15, -0.1) is 5.73 Å². The second-order valence-electron chi connectivity index (χ2n) is 1.84. The molecule has 0 aromatic rings. The lowest BCUT2D eigenvalue weighted by molar-refractivity contribution is 1.18. The molecule has 1 rings (SSSR count). The summed E-state index contributed by atoms with van der Waals surface area (Å²) < 4.78 is 0. The number of rotatable bonds is 1. The summed E-state index contributed by atoms with van der Waals surface area (Å²) in [6.07, 6.45) is 8.46. The van der Waals surface area contributed by atoms with Crippen LogP contribution in [0.15, 0.2) is 34.6 Å². The van der Waals surface area contributed by atoms with E-state index in [9.17, 15) is 0 Å². The lowest BCUT2D eigenvalue weighted by atomic mass is 10.2. The molecule has 1 nitrogen and oxygen atoms in total. The van der Waals surface area contributed by atoms with Gasteiger partial charge in [0, 0.05) is 6.21 Å². The smallest absolute Gasteiger partial charge is 0.0686 e. The quantitative estimate of drug-likeness (QED) is 0.508. The molecule has 11 heavy (non-hydrogen) atoms. The Morgan fingerprint density at radius 1 is 1.45 bits per heavy atom. The summed E-state index contributed by atoms with van der Waals surface area (Å²) >= 11 is 0. The van der Waals surface area contributed by atoms with E-state index >= 15 is 0 Å². The molecule has 0 spiro atoms. The highest BCUT2D eigenvalue weighted by Crippen LogP contribution is 1.98. The zero-order valence-corrected chi connectivity index (χ0v) is 7.46. The average molecular weight is 149 g/mol. The lowest BCUT2D eigenvalue weighted by Crippen LogP contribution is -1.78. The molecule has 0 saturated carbocycles. The molecular weight excluding hydrogens is 134 g/mol. The topological polar surface area (TPSA) is 12.4 Å². The van der Waals surface area contributed by atoms with Gasteiger partial charge in [0.2, 0.25) is 0 Å². The molecule has 1 aliphatic heterocycles. The van der Waals surface area contributed by atoms with Crippen molar-refractivity contribution in [3.8, 4) is 0 Å². The van der Waals surface area contributed by atoms with Crippen LogP contribution in [0.2, 0.25) is 0 Å². The summed E-state index contributed by atoms with van der Waals surface area (Å²) in [5.74, 6) is 0. The highest BCUT2D eigenvalue weighted by atomic mass is 14.7. The SMILES string of the molecule is CC.CCC1=CC=C=CN=C1. The minimum absolute atomic E-state index is 1.04. The minimum Gasteiger partial charge on any atom is -0.256 e. The van der Waals surface area contributed by atoms with Gasteiger partial charge in [0.15, 0.2) is 0 Å². The normalized spacial score (nSPS) is 13.2. The molecule has 0 bridgehead atoms. The van der Waals surface area contributed by atoms with Crippen molar-refractivity contribution >= 4 is 6.21 Å². The van der Waals surface area contributed by atoms with Crippen LogP contribution in [-0.2, 0) is 0 Å². The van der Waals surface area contributed by atoms with Gasteiger partial charge in [-0.2, -0.15) is 0 Å². The summed E-state index contributed by atoms with van der Waals surface area (Å²) in [6.45, 7) is 6.11. The Balaban J connectivity index is 0.000000461. The minimum atomic E-state index is 1.04. The van der Waals surface area contributed by atoms with Crippen LogP contribution in [-0.4, -0.2) is 6.21 Å². The number of hydrogen-bond donors (Lipinski definition) is 0. The van der Waals surface area contributed by atoms with Gasteiger partial charge in [-0.05, 0) is 24.1 Å². The molecule has 0 N–H and O–H groups in total. The van der Waals surface area contributed by atoms with Crippen molar-refractivity contribution in [1.82, 2.24) is 0 Å². The zero-order valence-electron chi connectivity index (χ0n) is 7.46. The highest BCUT2D eigenvalue weighted by molar-refractivity contribution is 5.79. The summed E-state index contributed by atoms with van der Waals surface area (Å²) in [5, 5.41) is 0. The molecule has 0 aromatic heterocycles. The van der Waals surface area contributed by atoms with E-state index in [2.05, 4.69) is 17.6 Å². The zero-order chi connectivity index (χ0) is 8.53. The van der Waals surface area contributed by atoms with Crippen LogP contribution in [0.3, 0.4) is 0 Å². The summed E-state index contributed by atoms with van der Waals surface area (Å²) in [7, 11) is 0. The van der Waals surface area contributed by atoms with Crippen LogP contribution < -0.4 is 0 Å². The molecule has 1 aliphatic rings. The Morgan fingerprint density at radius 2 is 2.18 bits per heavy atom. The molecular formula is C10H15N. The van der Waals surface area contributed by atoms with Gasteiger partial charge >= 0.3 is 0 Å². The van der Waals surface area contributed by atoms with Crippen molar-refractivity contribution in [2.24, 2.45) is 4.99 Å². The number of allylic oxidation sites excluding steroid dienone is 3. The Kier molecular flexibility index (Phi) is 6.36. The van der Waals surface area contributed by atoms with Gasteiger partial charge in [-0.25, -0.2) is 0 Å². The van der Waals surface area contributed by atoms with E-state index in [1.807, 2.05) is 32.2 Å². The molecule has 0 amide bonds. The van der Waals surface area contributed by atoms with Gasteiger partial charge in [0.1, 0.15) is 0 Å². The van der Waals surface area contributed by atoms with Crippen molar-refractivity contribution in [1.29, 1.82) is 0 Å². The average Bonchev–Trinajstić information content (AvgIpc) is 2.35. The molecule has 0 aromatic carbocycles. The molecule has 0 atom stereocenters. The first-order valence-electron chi connectivity index (χ1n) is 4.07. The Labute approximate surface area is 68.9 Å². The first-order valence-corrected chi connectivity index (χ1v) is 4.07. The van der Waals surface area contributed by atoms with Crippen LogP contribution in [0.5, 0.6) is 0 Å². The van der Waals surface area contributed by atoms with Crippen LogP contribution in [0.4, 0.5) is 0 Å². The molecule has 0 unspecified atom stereocenters. The molecule has 60 valence electrons. The maximum absolute atomic E-state index is 3.96. The highest BCUT2D eigenvalue weighted by Gasteiger charge is 1.85. The van der Waals surface area contributed by atoms with Crippen LogP contribution in [0, 0.1) is 0 Å². The van der Waals surface area contributed by atoms with E-state index in [1.54, 1.807) is 6.20 Å². The van der Waals surface area contributed by atoms with E-state index < -0.39 is 0 Å². The molecule has 1 heteroatoms. The van der Waals surface area contributed by atoms with E-state index in [1.165, 1.54) is 5.57 Å². The van der Waals surface area contributed by atoms with E-state index in [0.717, 1.165) is 6.42 Å². The van der Waals surface area contributed by atoms with Gasteiger partial charge in [-0.3, -0.25) is 4.99 Å². The predicted molar refractivity (Wildman–Crippen MR) is 50.9 cm³/mol. The third kappa shape index (κ3) is 4.35. The summed E-state index contributed by atoms with van der Waals surface area (Å²) in [4.78, 5) is 3.96. The van der Waals surface area contributed by atoms with E-state index in [4.69, 9.17) is 0 Å². The largest absolute Gasteiger partial charge is 0.256 e. The number of aliphatic imine (C=N–C) groups is 1. The van der Waals surface area contributed by atoms with Crippen LogP contribution in [0.25, 0.3) is 0 Å². The maximum Gasteiger partial charge on any atom is 0.0686 e. The Morgan fingerprint density at radius 3 is 2.82 bits per heavy atom. The monoisotopic (exact) mass is 149 g/mol. The summed E-state index contributed by atoms with van der Waals surface area (Å²) in [5.41, 5.74) is 4.13. The fourth-order valence-corrected chi connectivity index (χ4v) is 0.626. The van der Waals surface area contributed by atoms with Crippen molar-refractivity contribution in [3.63, 3.8) is 0 Å². The third-order valence-electron chi connectivity index (χ3n) is 1.19. The Hall–Kier alpha value is -1.07. The molecule has 0 saturated heterocycles. The van der Waals surface area contributed by atoms with Gasteiger partial charge in [0.05, 0.1) is 6.20 Å². The van der Waals surface area contributed by atoms with E-state index in [0.29, 0.717) is 0 Å². The first kappa shape index (κ1) is 9.93. The molecule has 1 heterocycles. The lowest BCUT2D eigenvalue weighted by Gasteiger charge is -1.88. The van der Waals surface area contributed by atoms with Crippen LogP contribution >= 0.6 is 0 Å². The second kappa shape index (κ2) is 7.04. The standard InChI is InChI=1S/C8H9N.C2H6/c1-2-8-5-3-4-6-9-7-8;1-2/h3,5-7H,2H2,1H3;1-2H3. The molecule has 0 aliphatic carbocycles. The summed E-state index contributed by atoms with van der Waals surface area (Å²) in [6, 6.07) is 0. The Bertz CT molecular complexity index is 203. The molecule has 0 fully saturated rings. The van der Waals surface area contributed by atoms with Crippen molar-refractivity contribution in [2.45, 2.75) is 27.2 Å². The van der Waals surface area contributed by atoms with Gasteiger partial charge in [-0.1, -0.05) is 20.8 Å². The molecule has 0 radical (unpaired) electrons. The van der Waals surface area contributed by atoms with Crippen LogP contribution in [0.1, 0.15) is 27.2 Å². The van der Waals surface area contributed by atoms with Gasteiger partial charge < -0.3 is 0 Å². The van der Waals surface area contributed by atoms with Crippen molar-refractivity contribution in [2.75, 3.05) is 0 Å². The van der Waals surface area contributed by atoms with Crippen molar-refractivity contribution in [3.05, 3.63) is 29.7 Å². The van der Waals surface area contributed by atoms with Gasteiger partial charge in [0.25, 0.3) is 0 Å². The number of nitrogens with zero attached hydrogens (tertiary/aromatic N) is 1. The third-order valence-corrected chi connectivity index (χ3v) is 1.19. The van der Waals surface area contributed by atoms with Crippen molar-refractivity contribution < 1.29 is 0 Å². The van der Waals surface area contributed by atoms with E-state index in [-0.39, 0.29) is 0 Å². The fraction of sp³-hybridized carbons (Fsp3) is 0.400. The fourth-order valence-electron chi connectivity index (χ4n) is 0.626. The predicted octanol–water partition coefficient (Wildman–Crippen LogP) is 3.10. The maximum atomic E-state index is 3.96.